The van der Waals surface area contributed by atoms with Gasteiger partial charge in [-0.2, -0.15) is 18.4 Å². The number of amides is 1. The van der Waals surface area contributed by atoms with Gasteiger partial charge >= 0.3 is 6.18 Å². The number of aromatic nitrogens is 1. The van der Waals surface area contributed by atoms with Crippen molar-refractivity contribution in [2.45, 2.75) is 25.7 Å². The van der Waals surface area contributed by atoms with E-state index in [1.807, 2.05) is 6.07 Å². The van der Waals surface area contributed by atoms with Gasteiger partial charge in [-0.1, -0.05) is 0 Å². The van der Waals surface area contributed by atoms with Crippen LogP contribution in [0, 0.1) is 11.3 Å². The van der Waals surface area contributed by atoms with Crippen LogP contribution in [-0.4, -0.2) is 21.9 Å². The van der Waals surface area contributed by atoms with Crippen LogP contribution in [-0.2, 0) is 24.1 Å². The predicted molar refractivity (Wildman–Crippen MR) is 80.1 cm³/mol. The Morgan fingerprint density at radius 3 is 2.68 bits per heavy atom. The Kier molecular flexibility index (Phi) is 5.64. The van der Waals surface area contributed by atoms with Crippen LogP contribution >= 0.6 is 0 Å². The number of carbonyl (C=O) groups is 1. The van der Waals surface area contributed by atoms with Crippen LogP contribution in [0.4, 0.5) is 13.2 Å². The summed E-state index contributed by atoms with van der Waals surface area (Å²) >= 11 is 0. The van der Waals surface area contributed by atoms with E-state index >= 15 is 0 Å². The molecule has 0 unspecified atom stereocenters. The first-order chi connectivity index (χ1) is 11.8. The molecule has 0 aromatic carbocycles. The summed E-state index contributed by atoms with van der Waals surface area (Å²) in [5.74, 6) is -0.129. The average molecular weight is 353 g/mol. The summed E-state index contributed by atoms with van der Waals surface area (Å²) in [5.41, 5.74) is -1.74. The zero-order valence-corrected chi connectivity index (χ0v) is 13.0. The highest BCUT2D eigenvalue weighted by molar-refractivity contribution is 5.76. The Bertz CT molecular complexity index is 820. The second-order valence-corrected chi connectivity index (χ2v) is 5.18. The van der Waals surface area contributed by atoms with Crippen molar-refractivity contribution in [3.05, 3.63) is 58.4 Å². The van der Waals surface area contributed by atoms with Crippen molar-refractivity contribution in [3.63, 3.8) is 0 Å². The van der Waals surface area contributed by atoms with Crippen LogP contribution in [0.3, 0.4) is 0 Å². The van der Waals surface area contributed by atoms with Crippen molar-refractivity contribution >= 4 is 5.91 Å². The minimum absolute atomic E-state index is 0.0456. The third-order valence-electron chi connectivity index (χ3n) is 3.39. The summed E-state index contributed by atoms with van der Waals surface area (Å²) < 4.78 is 44.1. The lowest BCUT2D eigenvalue weighted by molar-refractivity contribution is -0.139. The Hall–Kier alpha value is -3.02. The molecule has 0 saturated carbocycles. The molecule has 2 rings (SSSR count). The third-order valence-corrected chi connectivity index (χ3v) is 3.39. The van der Waals surface area contributed by atoms with Gasteiger partial charge in [0.2, 0.25) is 5.91 Å². The molecule has 132 valence electrons. The standard InChI is InChI=1S/C16H14F3N3O3/c17-16(18,19)12-4-5-14(23)22(9-12)11-15(24)21(7-2-6-20)10-13-3-1-8-25-13/h1,3-5,8-9H,2,7,10-11H2. The lowest BCUT2D eigenvalue weighted by atomic mass is 10.2. The summed E-state index contributed by atoms with van der Waals surface area (Å²) in [5, 5.41) is 8.69. The fourth-order valence-corrected chi connectivity index (χ4v) is 2.14. The molecular formula is C16H14F3N3O3. The minimum Gasteiger partial charge on any atom is -0.467 e. The van der Waals surface area contributed by atoms with E-state index in [2.05, 4.69) is 0 Å². The maximum atomic E-state index is 12.8. The van der Waals surface area contributed by atoms with Gasteiger partial charge in [0.25, 0.3) is 5.56 Å². The number of furan rings is 1. The van der Waals surface area contributed by atoms with Crippen molar-refractivity contribution < 1.29 is 22.4 Å². The molecule has 1 amide bonds. The summed E-state index contributed by atoms with van der Waals surface area (Å²) in [6.45, 7) is -0.431. The third kappa shape index (κ3) is 4.97. The summed E-state index contributed by atoms with van der Waals surface area (Å²) in [7, 11) is 0. The fourth-order valence-electron chi connectivity index (χ4n) is 2.14. The van der Waals surface area contributed by atoms with E-state index in [1.165, 1.54) is 11.2 Å². The van der Waals surface area contributed by atoms with E-state index in [0.29, 0.717) is 22.6 Å². The molecule has 0 aliphatic carbocycles. The SMILES string of the molecule is N#CCCN(Cc1ccco1)C(=O)Cn1cc(C(F)(F)F)ccc1=O. The Labute approximate surface area is 140 Å². The molecule has 0 atom stereocenters. The molecule has 2 aromatic rings. The number of hydrogen-bond acceptors (Lipinski definition) is 4. The van der Waals surface area contributed by atoms with Crippen molar-refractivity contribution in [3.8, 4) is 6.07 Å². The number of halogens is 3. The molecule has 9 heteroatoms. The molecule has 0 aliphatic heterocycles. The summed E-state index contributed by atoms with van der Waals surface area (Å²) in [6.07, 6.45) is -2.55. The van der Waals surface area contributed by atoms with Crippen molar-refractivity contribution in [2.24, 2.45) is 0 Å². The highest BCUT2D eigenvalue weighted by Gasteiger charge is 2.31. The Balaban J connectivity index is 2.19. The molecule has 0 bridgehead atoms. The van der Waals surface area contributed by atoms with Gasteiger partial charge in [-0.15, -0.1) is 0 Å². The molecule has 6 nitrogen and oxygen atoms in total. The maximum Gasteiger partial charge on any atom is 0.417 e. The normalized spacial score (nSPS) is 11.1. The average Bonchev–Trinajstić information content (AvgIpc) is 3.05. The van der Waals surface area contributed by atoms with E-state index in [4.69, 9.17) is 9.68 Å². The number of nitriles is 1. The van der Waals surface area contributed by atoms with Crippen molar-refractivity contribution in [2.75, 3.05) is 6.54 Å². The second-order valence-electron chi connectivity index (χ2n) is 5.18. The van der Waals surface area contributed by atoms with Gasteiger partial charge in [0.15, 0.2) is 0 Å². The topological polar surface area (TPSA) is 79.2 Å². The summed E-state index contributed by atoms with van der Waals surface area (Å²) in [6, 6.07) is 6.58. The first-order valence-corrected chi connectivity index (χ1v) is 7.26. The quantitative estimate of drug-likeness (QED) is 0.799. The van der Waals surface area contributed by atoms with E-state index in [0.717, 1.165) is 6.07 Å². The first kappa shape index (κ1) is 18.3. The first-order valence-electron chi connectivity index (χ1n) is 7.26. The van der Waals surface area contributed by atoms with Crippen LogP contribution < -0.4 is 5.56 Å². The molecule has 0 N–H and O–H groups in total. The van der Waals surface area contributed by atoms with Crippen LogP contribution in [0.1, 0.15) is 17.7 Å². The number of rotatable bonds is 6. The Morgan fingerprint density at radius 2 is 2.08 bits per heavy atom. The van der Waals surface area contributed by atoms with E-state index in [-0.39, 0.29) is 19.5 Å². The second kappa shape index (κ2) is 7.70. The number of carbonyl (C=O) groups excluding carboxylic acids is 1. The molecular weight excluding hydrogens is 339 g/mol. The van der Waals surface area contributed by atoms with E-state index in [1.54, 1.807) is 12.1 Å². The fraction of sp³-hybridized carbons (Fsp3) is 0.312. The van der Waals surface area contributed by atoms with Gasteiger partial charge in [0.05, 0.1) is 30.9 Å². The van der Waals surface area contributed by atoms with Gasteiger partial charge in [-0.05, 0) is 18.2 Å². The van der Waals surface area contributed by atoms with E-state index < -0.39 is 29.8 Å². The predicted octanol–water partition coefficient (Wildman–Crippen LogP) is 2.40. The van der Waals surface area contributed by atoms with Gasteiger partial charge in [0, 0.05) is 18.8 Å². The maximum absolute atomic E-state index is 12.8. The molecule has 0 radical (unpaired) electrons. The van der Waals surface area contributed by atoms with Crippen LogP contribution in [0.15, 0.2) is 45.9 Å². The molecule has 0 aliphatic rings. The molecule has 2 heterocycles. The van der Waals surface area contributed by atoms with Gasteiger partial charge in [-0.3, -0.25) is 9.59 Å². The number of pyridine rings is 1. The van der Waals surface area contributed by atoms with Gasteiger partial charge in [0.1, 0.15) is 12.3 Å². The number of nitrogens with zero attached hydrogens (tertiary/aromatic N) is 3. The highest BCUT2D eigenvalue weighted by atomic mass is 19.4. The molecule has 0 fully saturated rings. The van der Waals surface area contributed by atoms with Crippen LogP contribution in [0.2, 0.25) is 0 Å². The zero-order valence-electron chi connectivity index (χ0n) is 13.0. The van der Waals surface area contributed by atoms with Crippen LogP contribution in [0.25, 0.3) is 0 Å². The lowest BCUT2D eigenvalue weighted by Crippen LogP contribution is -2.36. The smallest absolute Gasteiger partial charge is 0.417 e. The van der Waals surface area contributed by atoms with Gasteiger partial charge in [-0.25, -0.2) is 0 Å². The van der Waals surface area contributed by atoms with Gasteiger partial charge < -0.3 is 13.9 Å². The largest absolute Gasteiger partial charge is 0.467 e. The number of hydrogen-bond donors (Lipinski definition) is 0. The number of alkyl halides is 3. The zero-order chi connectivity index (χ0) is 18.4. The lowest BCUT2D eigenvalue weighted by Gasteiger charge is -2.21. The van der Waals surface area contributed by atoms with Crippen LogP contribution in [0.5, 0.6) is 0 Å². The molecule has 0 saturated heterocycles. The molecule has 2 aromatic heterocycles. The van der Waals surface area contributed by atoms with Crippen molar-refractivity contribution in [1.82, 2.24) is 9.47 Å². The monoisotopic (exact) mass is 353 g/mol. The highest BCUT2D eigenvalue weighted by Crippen LogP contribution is 2.28. The molecule has 0 spiro atoms. The van der Waals surface area contributed by atoms with Crippen molar-refractivity contribution in [1.29, 1.82) is 5.26 Å². The van der Waals surface area contributed by atoms with E-state index in [9.17, 15) is 22.8 Å². The minimum atomic E-state index is -4.62. The molecule has 25 heavy (non-hydrogen) atoms. The summed E-state index contributed by atoms with van der Waals surface area (Å²) in [4.78, 5) is 25.4. The Morgan fingerprint density at radius 1 is 1.32 bits per heavy atom.